The molecular formula is C23H24N2O. The number of benzene rings is 2. The minimum absolute atomic E-state index is 0.489. The van der Waals surface area contributed by atoms with Crippen LogP contribution in [0.2, 0.25) is 0 Å². The van der Waals surface area contributed by atoms with Gasteiger partial charge in [0.1, 0.15) is 12.4 Å². The number of nitrogens with one attached hydrogen (secondary N) is 1. The molecule has 2 aromatic carbocycles. The van der Waals surface area contributed by atoms with Gasteiger partial charge < -0.3 is 10.1 Å². The summed E-state index contributed by atoms with van der Waals surface area (Å²) in [5.41, 5.74) is 6.53. The number of nitrogens with zero attached hydrogens (tertiary/aromatic N) is 1. The second kappa shape index (κ2) is 8.15. The van der Waals surface area contributed by atoms with Crippen LogP contribution in [-0.4, -0.2) is 4.98 Å². The van der Waals surface area contributed by atoms with Crippen LogP contribution < -0.4 is 10.1 Å². The molecule has 0 saturated heterocycles. The Morgan fingerprint density at radius 1 is 0.885 bits per heavy atom. The van der Waals surface area contributed by atoms with Gasteiger partial charge in [-0.1, -0.05) is 42.5 Å². The van der Waals surface area contributed by atoms with Crippen molar-refractivity contribution in [2.24, 2.45) is 0 Å². The monoisotopic (exact) mass is 344 g/mol. The number of ether oxygens (including phenoxy) is 1. The van der Waals surface area contributed by atoms with Crippen LogP contribution in [-0.2, 0) is 32.5 Å². The summed E-state index contributed by atoms with van der Waals surface area (Å²) in [7, 11) is 0. The molecule has 0 unspecified atom stereocenters. The van der Waals surface area contributed by atoms with Crippen LogP contribution in [0.1, 0.15) is 34.4 Å². The average Bonchev–Trinajstić information content (AvgIpc) is 3.16. The van der Waals surface area contributed by atoms with E-state index in [1.165, 1.54) is 41.5 Å². The Labute approximate surface area is 155 Å². The summed E-state index contributed by atoms with van der Waals surface area (Å²) in [5.74, 6) is 0.916. The van der Waals surface area contributed by atoms with Gasteiger partial charge in [0.15, 0.2) is 0 Å². The van der Waals surface area contributed by atoms with Crippen molar-refractivity contribution in [2.75, 3.05) is 0 Å². The van der Waals surface area contributed by atoms with Crippen molar-refractivity contribution in [1.29, 1.82) is 0 Å². The van der Waals surface area contributed by atoms with Crippen LogP contribution in [0.5, 0.6) is 5.75 Å². The van der Waals surface area contributed by atoms with Crippen LogP contribution in [0.3, 0.4) is 0 Å². The zero-order chi connectivity index (χ0) is 17.6. The van der Waals surface area contributed by atoms with E-state index in [4.69, 9.17) is 4.74 Å². The third kappa shape index (κ3) is 4.12. The minimum atomic E-state index is 0.489. The molecule has 4 rings (SSSR count). The molecule has 26 heavy (non-hydrogen) atoms. The molecule has 132 valence electrons. The predicted octanol–water partition coefficient (Wildman–Crippen LogP) is 4.44. The van der Waals surface area contributed by atoms with E-state index in [0.29, 0.717) is 6.61 Å². The molecule has 0 amide bonds. The summed E-state index contributed by atoms with van der Waals surface area (Å²) < 4.78 is 5.98. The van der Waals surface area contributed by atoms with E-state index >= 15 is 0 Å². The molecule has 1 N–H and O–H groups in total. The maximum absolute atomic E-state index is 5.98. The van der Waals surface area contributed by atoms with Crippen LogP contribution >= 0.6 is 0 Å². The van der Waals surface area contributed by atoms with E-state index in [0.717, 1.165) is 24.5 Å². The highest BCUT2D eigenvalue weighted by molar-refractivity contribution is 5.36. The van der Waals surface area contributed by atoms with Crippen LogP contribution in [0.25, 0.3) is 0 Å². The topological polar surface area (TPSA) is 34.1 Å². The molecule has 1 aromatic heterocycles. The molecule has 0 fully saturated rings. The van der Waals surface area contributed by atoms with Gasteiger partial charge >= 0.3 is 0 Å². The van der Waals surface area contributed by atoms with Crippen molar-refractivity contribution < 1.29 is 4.74 Å². The molecule has 1 heterocycles. The van der Waals surface area contributed by atoms with Gasteiger partial charge in [0.2, 0.25) is 0 Å². The highest BCUT2D eigenvalue weighted by Gasteiger charge is 2.10. The first-order chi connectivity index (χ1) is 12.9. The molecule has 3 heteroatoms. The maximum atomic E-state index is 5.98. The number of pyridine rings is 1. The normalized spacial score (nSPS) is 12.8. The molecule has 0 atom stereocenters. The fraction of sp³-hybridized carbons (Fsp3) is 0.261. The lowest BCUT2D eigenvalue weighted by molar-refractivity contribution is 0.297. The summed E-state index contributed by atoms with van der Waals surface area (Å²) >= 11 is 0. The molecule has 0 bridgehead atoms. The number of aromatic nitrogens is 1. The second-order valence-electron chi connectivity index (χ2n) is 6.78. The molecule has 0 saturated carbocycles. The summed E-state index contributed by atoms with van der Waals surface area (Å²) in [5, 5.41) is 3.55. The largest absolute Gasteiger partial charge is 0.487 e. The van der Waals surface area contributed by atoms with Crippen molar-refractivity contribution in [3.05, 3.63) is 94.8 Å². The minimum Gasteiger partial charge on any atom is -0.487 e. The average molecular weight is 344 g/mol. The van der Waals surface area contributed by atoms with Gasteiger partial charge in [-0.25, -0.2) is 0 Å². The third-order valence-electron chi connectivity index (χ3n) is 4.88. The third-order valence-corrected chi connectivity index (χ3v) is 4.88. The second-order valence-corrected chi connectivity index (χ2v) is 6.78. The summed E-state index contributed by atoms with van der Waals surface area (Å²) in [6.07, 6.45) is 5.56. The number of hydrogen-bond acceptors (Lipinski definition) is 3. The summed E-state index contributed by atoms with van der Waals surface area (Å²) in [6.45, 7) is 2.15. The lowest BCUT2D eigenvalue weighted by Crippen LogP contribution is -2.14. The maximum Gasteiger partial charge on any atom is 0.130 e. The van der Waals surface area contributed by atoms with Crippen molar-refractivity contribution >= 4 is 0 Å². The highest BCUT2D eigenvalue weighted by Crippen LogP contribution is 2.23. The number of hydrogen-bond donors (Lipinski definition) is 1. The first-order valence-electron chi connectivity index (χ1n) is 9.30. The zero-order valence-corrected chi connectivity index (χ0v) is 14.9. The number of para-hydroxylation sites is 1. The quantitative estimate of drug-likeness (QED) is 0.688. The predicted molar refractivity (Wildman–Crippen MR) is 104 cm³/mol. The Kier molecular flexibility index (Phi) is 5.27. The van der Waals surface area contributed by atoms with Crippen molar-refractivity contribution in [3.8, 4) is 5.75 Å². The molecule has 3 aromatic rings. The first-order valence-corrected chi connectivity index (χ1v) is 9.30. The first kappa shape index (κ1) is 16.8. The Balaban J connectivity index is 1.34. The number of aryl methyl sites for hydroxylation is 2. The highest BCUT2D eigenvalue weighted by atomic mass is 16.5. The van der Waals surface area contributed by atoms with E-state index in [1.54, 1.807) is 6.20 Å². The van der Waals surface area contributed by atoms with Crippen molar-refractivity contribution in [1.82, 2.24) is 10.3 Å². The van der Waals surface area contributed by atoms with Gasteiger partial charge in [0.05, 0.1) is 5.69 Å². The standard InChI is InChI=1S/C23H24N2O/c1-2-10-23(26-17-22-9-3-4-13-25-22)21(6-1)16-24-15-18-11-12-19-7-5-8-20(19)14-18/h1-4,6,9-14,24H,5,7-8,15-17H2. The van der Waals surface area contributed by atoms with Crippen LogP contribution in [0.15, 0.2) is 66.9 Å². The molecule has 1 aliphatic carbocycles. The van der Waals surface area contributed by atoms with Gasteiger partial charge in [-0.3, -0.25) is 4.98 Å². The van der Waals surface area contributed by atoms with E-state index < -0.39 is 0 Å². The smallest absolute Gasteiger partial charge is 0.130 e. The number of fused-ring (bicyclic) bond motifs is 1. The van der Waals surface area contributed by atoms with Gasteiger partial charge in [-0.05, 0) is 54.2 Å². The molecule has 0 aliphatic heterocycles. The van der Waals surface area contributed by atoms with Crippen molar-refractivity contribution in [2.45, 2.75) is 39.0 Å². The van der Waals surface area contributed by atoms with E-state index in [-0.39, 0.29) is 0 Å². The van der Waals surface area contributed by atoms with Gasteiger partial charge in [0, 0.05) is 24.8 Å². The fourth-order valence-corrected chi connectivity index (χ4v) is 3.50. The fourth-order valence-electron chi connectivity index (χ4n) is 3.50. The Morgan fingerprint density at radius 3 is 2.69 bits per heavy atom. The van der Waals surface area contributed by atoms with Gasteiger partial charge in [-0.2, -0.15) is 0 Å². The molecule has 0 spiro atoms. The Hall–Kier alpha value is -2.65. The van der Waals surface area contributed by atoms with Crippen LogP contribution in [0.4, 0.5) is 0 Å². The summed E-state index contributed by atoms with van der Waals surface area (Å²) in [4.78, 5) is 4.31. The SMILES string of the molecule is c1ccc(COc2ccccc2CNCc2ccc3c(c2)CCC3)nc1. The zero-order valence-electron chi connectivity index (χ0n) is 14.9. The molecule has 0 radical (unpaired) electrons. The molecule has 1 aliphatic rings. The Bertz CT molecular complexity index is 861. The van der Waals surface area contributed by atoms with Gasteiger partial charge in [-0.15, -0.1) is 0 Å². The molecule has 3 nitrogen and oxygen atoms in total. The van der Waals surface area contributed by atoms with Crippen molar-refractivity contribution in [3.63, 3.8) is 0 Å². The van der Waals surface area contributed by atoms with Gasteiger partial charge in [0.25, 0.3) is 0 Å². The lowest BCUT2D eigenvalue weighted by Gasteiger charge is -2.12. The molecular weight excluding hydrogens is 320 g/mol. The van der Waals surface area contributed by atoms with E-state index in [1.807, 2.05) is 30.3 Å². The van der Waals surface area contributed by atoms with E-state index in [9.17, 15) is 0 Å². The Morgan fingerprint density at radius 2 is 1.77 bits per heavy atom. The summed E-state index contributed by atoms with van der Waals surface area (Å²) in [6, 6.07) is 21.0. The lowest BCUT2D eigenvalue weighted by atomic mass is 10.1. The van der Waals surface area contributed by atoms with Crippen LogP contribution in [0, 0.1) is 0 Å². The van der Waals surface area contributed by atoms with E-state index in [2.05, 4.69) is 40.6 Å². The number of rotatable bonds is 7.